The Bertz CT molecular complexity index is 1220. The Kier molecular flexibility index (Phi) is 5.85. The third kappa shape index (κ3) is 4.23. The smallest absolute Gasteiger partial charge is 0.262 e. The zero-order valence-corrected chi connectivity index (χ0v) is 17.8. The number of hydrogen-bond donors (Lipinski definition) is 0. The maximum atomic E-state index is 13.2. The summed E-state index contributed by atoms with van der Waals surface area (Å²) in [6.07, 6.45) is 0. The molecular formula is C22H22N4O3S. The standard InChI is InChI=1S/C22H22N4O3S/c1-14(2)20-24-19(29-25-20)13-30-22-23-18-7-5-4-6-17(18)21(27)26(22)12-15-8-10-16(28-3)11-9-15/h4-11,14H,12-13H2,1-3H3. The van der Waals surface area contributed by atoms with Gasteiger partial charge in [-0.3, -0.25) is 9.36 Å². The Labute approximate surface area is 178 Å². The van der Waals surface area contributed by atoms with E-state index in [0.717, 1.165) is 11.3 Å². The lowest BCUT2D eigenvalue weighted by Gasteiger charge is -2.13. The van der Waals surface area contributed by atoms with E-state index in [1.807, 2.05) is 56.3 Å². The van der Waals surface area contributed by atoms with Crippen molar-refractivity contribution >= 4 is 22.7 Å². The van der Waals surface area contributed by atoms with Crippen molar-refractivity contribution in [3.8, 4) is 5.75 Å². The van der Waals surface area contributed by atoms with E-state index in [1.165, 1.54) is 11.8 Å². The summed E-state index contributed by atoms with van der Waals surface area (Å²) in [5.41, 5.74) is 1.58. The normalized spacial score (nSPS) is 11.3. The molecule has 0 atom stereocenters. The number of fused-ring (bicyclic) bond motifs is 1. The van der Waals surface area contributed by atoms with Gasteiger partial charge in [0.2, 0.25) is 5.89 Å². The molecule has 0 fully saturated rings. The van der Waals surface area contributed by atoms with E-state index in [4.69, 9.17) is 14.2 Å². The third-order valence-corrected chi connectivity index (χ3v) is 5.61. The highest BCUT2D eigenvalue weighted by atomic mass is 32.2. The van der Waals surface area contributed by atoms with Crippen LogP contribution in [-0.2, 0) is 12.3 Å². The van der Waals surface area contributed by atoms with Crippen LogP contribution < -0.4 is 10.3 Å². The summed E-state index contributed by atoms with van der Waals surface area (Å²) >= 11 is 1.41. The Morgan fingerprint density at radius 1 is 1.10 bits per heavy atom. The highest BCUT2D eigenvalue weighted by Gasteiger charge is 2.15. The molecule has 0 N–H and O–H groups in total. The van der Waals surface area contributed by atoms with Gasteiger partial charge in [-0.15, -0.1) is 0 Å². The minimum atomic E-state index is -0.0766. The molecule has 0 unspecified atom stereocenters. The number of ether oxygens (including phenoxy) is 1. The summed E-state index contributed by atoms with van der Waals surface area (Å²) in [4.78, 5) is 22.4. The molecule has 30 heavy (non-hydrogen) atoms. The molecule has 2 aromatic carbocycles. The van der Waals surface area contributed by atoms with Gasteiger partial charge in [0.25, 0.3) is 5.56 Å². The van der Waals surface area contributed by atoms with Crippen LogP contribution >= 0.6 is 11.8 Å². The first kappa shape index (κ1) is 20.2. The topological polar surface area (TPSA) is 83.0 Å². The lowest BCUT2D eigenvalue weighted by Crippen LogP contribution is -2.24. The number of benzene rings is 2. The van der Waals surface area contributed by atoms with Gasteiger partial charge in [0.1, 0.15) is 5.75 Å². The Morgan fingerprint density at radius 3 is 2.57 bits per heavy atom. The van der Waals surface area contributed by atoms with Gasteiger partial charge < -0.3 is 9.26 Å². The maximum Gasteiger partial charge on any atom is 0.262 e. The van der Waals surface area contributed by atoms with Crippen LogP contribution in [0.15, 0.2) is 63.0 Å². The van der Waals surface area contributed by atoms with Gasteiger partial charge in [-0.25, -0.2) is 4.98 Å². The quantitative estimate of drug-likeness (QED) is 0.325. The number of aromatic nitrogens is 4. The lowest BCUT2D eigenvalue weighted by molar-refractivity contribution is 0.382. The first-order chi connectivity index (χ1) is 14.5. The Morgan fingerprint density at radius 2 is 1.87 bits per heavy atom. The van der Waals surface area contributed by atoms with E-state index in [1.54, 1.807) is 17.7 Å². The molecule has 0 aliphatic heterocycles. The average molecular weight is 423 g/mol. The van der Waals surface area contributed by atoms with Crippen LogP contribution in [0, 0.1) is 0 Å². The molecule has 7 nitrogen and oxygen atoms in total. The zero-order chi connectivity index (χ0) is 21.1. The van der Waals surface area contributed by atoms with E-state index >= 15 is 0 Å². The van der Waals surface area contributed by atoms with Crippen molar-refractivity contribution in [1.29, 1.82) is 0 Å². The highest BCUT2D eigenvalue weighted by molar-refractivity contribution is 7.98. The monoisotopic (exact) mass is 422 g/mol. The van der Waals surface area contributed by atoms with Gasteiger partial charge in [0, 0.05) is 5.92 Å². The largest absolute Gasteiger partial charge is 0.497 e. The first-order valence-electron chi connectivity index (χ1n) is 9.63. The molecule has 0 saturated heterocycles. The molecule has 154 valence electrons. The van der Waals surface area contributed by atoms with Gasteiger partial charge in [0.05, 0.1) is 30.3 Å². The van der Waals surface area contributed by atoms with Crippen LogP contribution in [-0.4, -0.2) is 26.8 Å². The second-order valence-corrected chi connectivity index (χ2v) is 8.08. The molecule has 0 aliphatic carbocycles. The minimum Gasteiger partial charge on any atom is -0.497 e. The highest BCUT2D eigenvalue weighted by Crippen LogP contribution is 2.23. The fourth-order valence-electron chi connectivity index (χ4n) is 3.00. The maximum absolute atomic E-state index is 13.2. The fourth-order valence-corrected chi connectivity index (χ4v) is 3.83. The van der Waals surface area contributed by atoms with Gasteiger partial charge in [-0.1, -0.05) is 55.0 Å². The molecule has 2 aromatic heterocycles. The molecule has 0 amide bonds. The summed E-state index contributed by atoms with van der Waals surface area (Å²) in [6.45, 7) is 4.43. The van der Waals surface area contributed by atoms with Gasteiger partial charge in [-0.05, 0) is 29.8 Å². The number of methoxy groups -OCH3 is 1. The second-order valence-electron chi connectivity index (χ2n) is 7.14. The van der Waals surface area contributed by atoms with Crippen LogP contribution in [0.3, 0.4) is 0 Å². The second kappa shape index (κ2) is 8.71. The number of hydrogen-bond acceptors (Lipinski definition) is 7. The third-order valence-electron chi connectivity index (χ3n) is 4.65. The van der Waals surface area contributed by atoms with Crippen LogP contribution in [0.4, 0.5) is 0 Å². The SMILES string of the molecule is COc1ccc(Cn2c(SCc3nc(C(C)C)no3)nc3ccccc3c2=O)cc1. The number of para-hydroxylation sites is 1. The first-order valence-corrected chi connectivity index (χ1v) is 10.6. The van der Waals surface area contributed by atoms with Crippen molar-refractivity contribution in [3.63, 3.8) is 0 Å². The van der Waals surface area contributed by atoms with Gasteiger partial charge >= 0.3 is 0 Å². The van der Waals surface area contributed by atoms with Gasteiger partial charge in [0.15, 0.2) is 11.0 Å². The zero-order valence-electron chi connectivity index (χ0n) is 17.0. The van der Waals surface area contributed by atoms with E-state index < -0.39 is 0 Å². The Hall–Kier alpha value is -3.13. The molecule has 0 aliphatic rings. The fraction of sp³-hybridized carbons (Fsp3) is 0.273. The molecule has 0 bridgehead atoms. The average Bonchev–Trinajstić information content (AvgIpc) is 3.24. The molecular weight excluding hydrogens is 400 g/mol. The minimum absolute atomic E-state index is 0.0766. The van der Waals surface area contributed by atoms with Crippen molar-refractivity contribution in [2.24, 2.45) is 0 Å². The molecule has 4 rings (SSSR count). The van der Waals surface area contributed by atoms with E-state index in [-0.39, 0.29) is 11.5 Å². The van der Waals surface area contributed by atoms with Crippen molar-refractivity contribution in [1.82, 2.24) is 19.7 Å². The molecule has 0 radical (unpaired) electrons. The summed E-state index contributed by atoms with van der Waals surface area (Å²) in [5, 5.41) is 5.20. The van der Waals surface area contributed by atoms with Gasteiger partial charge in [-0.2, -0.15) is 4.98 Å². The van der Waals surface area contributed by atoms with Crippen molar-refractivity contribution in [3.05, 3.63) is 76.2 Å². The van der Waals surface area contributed by atoms with Crippen LogP contribution in [0.5, 0.6) is 5.75 Å². The van der Waals surface area contributed by atoms with Crippen molar-refractivity contribution in [2.75, 3.05) is 7.11 Å². The molecule has 8 heteroatoms. The number of rotatable bonds is 7. The molecule has 2 heterocycles. The van der Waals surface area contributed by atoms with Crippen LogP contribution in [0.25, 0.3) is 10.9 Å². The predicted octanol–water partition coefficient (Wildman–Crippen LogP) is 4.25. The number of thioether (sulfide) groups is 1. The number of nitrogens with zero attached hydrogens (tertiary/aromatic N) is 4. The van der Waals surface area contributed by atoms with E-state index in [2.05, 4.69) is 10.1 Å². The molecule has 0 saturated carbocycles. The summed E-state index contributed by atoms with van der Waals surface area (Å²) in [6, 6.07) is 15.0. The van der Waals surface area contributed by atoms with E-state index in [0.29, 0.717) is 40.1 Å². The van der Waals surface area contributed by atoms with E-state index in [9.17, 15) is 4.79 Å². The lowest BCUT2D eigenvalue weighted by atomic mass is 10.2. The summed E-state index contributed by atoms with van der Waals surface area (Å²) < 4.78 is 12.2. The van der Waals surface area contributed by atoms with Crippen LogP contribution in [0.1, 0.15) is 37.0 Å². The van der Waals surface area contributed by atoms with Crippen molar-refractivity contribution < 1.29 is 9.26 Å². The van der Waals surface area contributed by atoms with Crippen molar-refractivity contribution in [2.45, 2.75) is 37.2 Å². The predicted molar refractivity (Wildman–Crippen MR) is 116 cm³/mol. The summed E-state index contributed by atoms with van der Waals surface area (Å²) in [7, 11) is 1.63. The molecule has 4 aromatic rings. The Balaban J connectivity index is 1.68. The molecule has 0 spiro atoms. The summed E-state index contributed by atoms with van der Waals surface area (Å²) in [5.74, 6) is 2.59. The van der Waals surface area contributed by atoms with Crippen LogP contribution in [0.2, 0.25) is 0 Å².